The molecule has 0 radical (unpaired) electrons. The molecule has 21 heavy (non-hydrogen) atoms. The van der Waals surface area contributed by atoms with Crippen molar-refractivity contribution in [1.29, 1.82) is 0 Å². The fraction of sp³-hybridized carbons (Fsp3) is 0.462. The van der Waals surface area contributed by atoms with Crippen LogP contribution in [0.15, 0.2) is 26.0 Å². The van der Waals surface area contributed by atoms with E-state index in [4.69, 9.17) is 5.11 Å². The predicted octanol–water partition coefficient (Wildman–Crippen LogP) is 3.01. The molecule has 116 valence electrons. The Kier molecular flexibility index (Phi) is 5.12. The van der Waals surface area contributed by atoms with Crippen LogP contribution in [0.3, 0.4) is 0 Å². The average Bonchev–Trinajstić information content (AvgIpc) is 2.42. The van der Waals surface area contributed by atoms with Gasteiger partial charge in [0.15, 0.2) is 0 Å². The van der Waals surface area contributed by atoms with E-state index < -0.39 is 21.9 Å². The zero-order valence-corrected chi connectivity index (χ0v) is 15.3. The van der Waals surface area contributed by atoms with Crippen LogP contribution in [0.4, 0.5) is 0 Å². The molecule has 8 heteroatoms. The molecule has 1 aliphatic rings. The van der Waals surface area contributed by atoms with Crippen molar-refractivity contribution < 1.29 is 18.3 Å². The van der Waals surface area contributed by atoms with Gasteiger partial charge in [0, 0.05) is 22.0 Å². The number of benzene rings is 1. The van der Waals surface area contributed by atoms with Gasteiger partial charge in [0.05, 0.1) is 10.8 Å². The predicted molar refractivity (Wildman–Crippen MR) is 85.7 cm³/mol. The molecule has 0 aliphatic carbocycles. The molecule has 1 aromatic rings. The maximum atomic E-state index is 12.7. The average molecular weight is 441 g/mol. The molecule has 5 nitrogen and oxygen atoms in total. The first-order chi connectivity index (χ1) is 9.73. The number of hydrogen-bond acceptors (Lipinski definition) is 3. The number of aryl methyl sites for hydroxylation is 1. The fourth-order valence-electron chi connectivity index (χ4n) is 2.31. The summed E-state index contributed by atoms with van der Waals surface area (Å²) in [6.45, 7) is 2.35. The molecule has 1 heterocycles. The quantitative estimate of drug-likeness (QED) is 0.783. The van der Waals surface area contributed by atoms with Gasteiger partial charge in [0.25, 0.3) is 0 Å². The number of aliphatic carboxylic acids is 1. The maximum Gasteiger partial charge on any atom is 0.306 e. The highest BCUT2D eigenvalue weighted by molar-refractivity contribution is 9.11. The summed E-state index contributed by atoms with van der Waals surface area (Å²) in [6.07, 6.45) is 0.693. The molecule has 2 rings (SSSR count). The van der Waals surface area contributed by atoms with Crippen LogP contribution in [-0.2, 0) is 14.8 Å². The molecule has 1 N–H and O–H groups in total. The molecule has 0 amide bonds. The Balaban J connectivity index is 2.28. The van der Waals surface area contributed by atoms with Crippen LogP contribution in [0.2, 0.25) is 0 Å². The number of sulfonamides is 1. The van der Waals surface area contributed by atoms with Crippen molar-refractivity contribution >= 4 is 47.9 Å². The van der Waals surface area contributed by atoms with E-state index in [9.17, 15) is 13.2 Å². The second-order valence-electron chi connectivity index (χ2n) is 5.05. The number of hydrogen-bond donors (Lipinski definition) is 1. The van der Waals surface area contributed by atoms with E-state index in [1.165, 1.54) is 4.31 Å². The van der Waals surface area contributed by atoms with E-state index in [1.54, 1.807) is 12.1 Å². The minimum Gasteiger partial charge on any atom is -0.481 e. The molecule has 0 aromatic heterocycles. The van der Waals surface area contributed by atoms with Crippen LogP contribution in [0.1, 0.15) is 18.4 Å². The monoisotopic (exact) mass is 439 g/mol. The lowest BCUT2D eigenvalue weighted by Gasteiger charge is -2.29. The largest absolute Gasteiger partial charge is 0.481 e. The molecular weight excluding hydrogens is 426 g/mol. The van der Waals surface area contributed by atoms with Gasteiger partial charge in [-0.05, 0) is 53.4 Å². The summed E-state index contributed by atoms with van der Waals surface area (Å²) in [7, 11) is -3.62. The summed E-state index contributed by atoms with van der Waals surface area (Å²) in [4.78, 5) is 11.1. The number of carbonyl (C=O) groups is 1. The van der Waals surface area contributed by atoms with Gasteiger partial charge in [-0.3, -0.25) is 4.79 Å². The van der Waals surface area contributed by atoms with Gasteiger partial charge in [-0.1, -0.05) is 15.9 Å². The van der Waals surface area contributed by atoms with Crippen LogP contribution in [-0.4, -0.2) is 36.9 Å². The third kappa shape index (κ3) is 3.49. The molecular formula is C13H15Br2NO4S. The van der Waals surface area contributed by atoms with E-state index in [0.717, 1.165) is 10.0 Å². The Labute approximate surface area is 140 Å². The molecule has 0 bridgehead atoms. The Morgan fingerprint density at radius 3 is 2.33 bits per heavy atom. The van der Waals surface area contributed by atoms with Gasteiger partial charge in [0.2, 0.25) is 10.0 Å². The third-order valence-electron chi connectivity index (χ3n) is 3.63. The highest BCUT2D eigenvalue weighted by atomic mass is 79.9. The minimum atomic E-state index is -3.62. The Morgan fingerprint density at radius 2 is 1.81 bits per heavy atom. The molecule has 1 aromatic carbocycles. The van der Waals surface area contributed by atoms with E-state index in [0.29, 0.717) is 17.3 Å². The topological polar surface area (TPSA) is 74.7 Å². The number of rotatable bonds is 3. The first kappa shape index (κ1) is 16.9. The molecule has 1 saturated heterocycles. The van der Waals surface area contributed by atoms with Gasteiger partial charge in [-0.2, -0.15) is 4.31 Å². The lowest BCUT2D eigenvalue weighted by molar-refractivity contribution is -0.142. The van der Waals surface area contributed by atoms with Crippen molar-refractivity contribution in [2.45, 2.75) is 24.7 Å². The molecule has 0 unspecified atom stereocenters. The molecule has 1 aliphatic heterocycles. The van der Waals surface area contributed by atoms with Crippen LogP contribution in [0.5, 0.6) is 0 Å². The van der Waals surface area contributed by atoms with Crippen molar-refractivity contribution in [2.75, 3.05) is 13.1 Å². The molecule has 1 fully saturated rings. The maximum absolute atomic E-state index is 12.7. The van der Waals surface area contributed by atoms with Crippen molar-refractivity contribution in [3.63, 3.8) is 0 Å². The number of carboxylic acids is 1. The smallest absolute Gasteiger partial charge is 0.306 e. The van der Waals surface area contributed by atoms with E-state index in [-0.39, 0.29) is 18.0 Å². The summed E-state index contributed by atoms with van der Waals surface area (Å²) in [5.41, 5.74) is 0.936. The lowest BCUT2D eigenvalue weighted by Crippen LogP contribution is -2.40. The SMILES string of the molecule is Cc1cc(Br)c(S(=O)(=O)N2CCC(C(=O)O)CC2)cc1Br. The zero-order chi connectivity index (χ0) is 15.8. The first-order valence-electron chi connectivity index (χ1n) is 6.42. The van der Waals surface area contributed by atoms with Gasteiger partial charge in [-0.25, -0.2) is 8.42 Å². The fourth-order valence-corrected chi connectivity index (χ4v) is 5.42. The normalized spacial score (nSPS) is 17.9. The summed E-state index contributed by atoms with van der Waals surface area (Å²) in [5, 5.41) is 8.97. The Bertz CT molecular complexity index is 667. The second-order valence-corrected chi connectivity index (χ2v) is 8.66. The summed E-state index contributed by atoms with van der Waals surface area (Å²) in [6, 6.07) is 3.33. The highest BCUT2D eigenvalue weighted by Gasteiger charge is 2.33. The second kappa shape index (κ2) is 6.36. The number of nitrogens with zero attached hydrogens (tertiary/aromatic N) is 1. The standard InChI is InChI=1S/C13H15Br2NO4S/c1-8-6-11(15)12(7-10(8)14)21(19,20)16-4-2-9(3-5-16)13(17)18/h6-7,9H,2-5H2,1H3,(H,17,18). The van der Waals surface area contributed by atoms with Gasteiger partial charge < -0.3 is 5.11 Å². The van der Waals surface area contributed by atoms with Crippen molar-refractivity contribution in [3.05, 3.63) is 26.6 Å². The van der Waals surface area contributed by atoms with E-state index in [1.807, 2.05) is 6.92 Å². The van der Waals surface area contributed by atoms with Crippen molar-refractivity contribution in [1.82, 2.24) is 4.31 Å². The van der Waals surface area contributed by atoms with Gasteiger partial charge >= 0.3 is 5.97 Å². The highest BCUT2D eigenvalue weighted by Crippen LogP contribution is 2.32. The van der Waals surface area contributed by atoms with E-state index >= 15 is 0 Å². The van der Waals surface area contributed by atoms with Crippen LogP contribution < -0.4 is 0 Å². The molecule has 0 atom stereocenters. The van der Waals surface area contributed by atoms with Crippen LogP contribution in [0, 0.1) is 12.8 Å². The molecule has 0 saturated carbocycles. The summed E-state index contributed by atoms with van der Waals surface area (Å²) >= 11 is 6.64. The number of halogens is 2. The zero-order valence-electron chi connectivity index (χ0n) is 11.3. The number of carboxylic acid groups (broad SMARTS) is 1. The molecule has 0 spiro atoms. The van der Waals surface area contributed by atoms with Crippen molar-refractivity contribution in [3.8, 4) is 0 Å². The van der Waals surface area contributed by atoms with Crippen molar-refractivity contribution in [2.24, 2.45) is 5.92 Å². The summed E-state index contributed by atoms with van der Waals surface area (Å²) in [5.74, 6) is -1.31. The minimum absolute atomic E-state index is 0.203. The first-order valence-corrected chi connectivity index (χ1v) is 9.44. The third-order valence-corrected chi connectivity index (χ3v) is 7.35. The van der Waals surface area contributed by atoms with Gasteiger partial charge in [0.1, 0.15) is 0 Å². The van der Waals surface area contributed by atoms with Crippen LogP contribution in [0.25, 0.3) is 0 Å². The Hall–Kier alpha value is -0.440. The Morgan fingerprint density at radius 1 is 1.24 bits per heavy atom. The van der Waals surface area contributed by atoms with Crippen LogP contribution >= 0.6 is 31.9 Å². The number of piperidine rings is 1. The van der Waals surface area contributed by atoms with E-state index in [2.05, 4.69) is 31.9 Å². The lowest BCUT2D eigenvalue weighted by atomic mass is 9.99. The summed E-state index contributed by atoms with van der Waals surface area (Å²) < 4.78 is 28.0. The van der Waals surface area contributed by atoms with Gasteiger partial charge in [-0.15, -0.1) is 0 Å².